The van der Waals surface area contributed by atoms with Crippen LogP contribution in [0, 0.1) is 5.92 Å². The molecule has 0 spiro atoms. The Labute approximate surface area is 111 Å². The molecule has 0 aliphatic heterocycles. The molecule has 6 heteroatoms. The number of sulfonamides is 1. The van der Waals surface area contributed by atoms with Gasteiger partial charge in [0.15, 0.2) is 0 Å². The van der Waals surface area contributed by atoms with Crippen LogP contribution in [0.3, 0.4) is 0 Å². The number of nitrogens with zero attached hydrogens (tertiary/aromatic N) is 1. The second kappa shape index (κ2) is 8.29. The quantitative estimate of drug-likeness (QED) is 0.516. The lowest BCUT2D eigenvalue weighted by atomic mass is 10.0. The van der Waals surface area contributed by atoms with Crippen molar-refractivity contribution in [3.8, 4) is 0 Å². The number of alkyl halides is 1. The number of halogens is 1. The Kier molecular flexibility index (Phi) is 8.37. The van der Waals surface area contributed by atoms with E-state index in [0.29, 0.717) is 24.8 Å². The van der Waals surface area contributed by atoms with Crippen molar-refractivity contribution in [2.24, 2.45) is 5.92 Å². The molecule has 0 saturated carbocycles. The molecular weight excluding hydrogens is 260 g/mol. The van der Waals surface area contributed by atoms with E-state index in [-0.39, 0.29) is 11.8 Å². The Morgan fingerprint density at radius 1 is 1.24 bits per heavy atom. The average molecular weight is 285 g/mol. The van der Waals surface area contributed by atoms with Gasteiger partial charge in [-0.2, -0.15) is 0 Å². The molecule has 0 aromatic heterocycles. The number of rotatable bonds is 9. The van der Waals surface area contributed by atoms with Crippen LogP contribution in [0.15, 0.2) is 0 Å². The summed E-state index contributed by atoms with van der Waals surface area (Å²) in [5.74, 6) is 1.09. The highest BCUT2D eigenvalue weighted by molar-refractivity contribution is 7.89. The summed E-state index contributed by atoms with van der Waals surface area (Å²) in [5.41, 5.74) is 0. The number of hydrogen-bond acceptors (Lipinski definition) is 3. The van der Waals surface area contributed by atoms with Crippen molar-refractivity contribution in [2.75, 3.05) is 32.3 Å². The van der Waals surface area contributed by atoms with Crippen LogP contribution in [-0.2, 0) is 10.0 Å². The van der Waals surface area contributed by atoms with Crippen LogP contribution in [0.4, 0.5) is 0 Å². The predicted molar refractivity (Wildman–Crippen MR) is 74.1 cm³/mol. The minimum atomic E-state index is -3.15. The zero-order valence-corrected chi connectivity index (χ0v) is 12.8. The Hall–Kier alpha value is 0.160. The summed E-state index contributed by atoms with van der Waals surface area (Å²) in [6.45, 7) is 4.65. The average Bonchev–Trinajstić information content (AvgIpc) is 2.16. The van der Waals surface area contributed by atoms with Gasteiger partial charge < -0.3 is 4.90 Å². The summed E-state index contributed by atoms with van der Waals surface area (Å²) in [6, 6.07) is 0.220. The monoisotopic (exact) mass is 284 g/mol. The minimum Gasteiger partial charge on any atom is -0.305 e. The first-order valence-electron chi connectivity index (χ1n) is 6.00. The molecule has 1 atom stereocenters. The highest BCUT2D eigenvalue weighted by Crippen LogP contribution is 2.07. The van der Waals surface area contributed by atoms with Crippen LogP contribution in [0.2, 0.25) is 0 Å². The van der Waals surface area contributed by atoms with E-state index in [0.717, 1.165) is 6.42 Å². The minimum absolute atomic E-state index is 0.165. The predicted octanol–water partition coefficient (Wildman–Crippen LogP) is 1.51. The summed E-state index contributed by atoms with van der Waals surface area (Å²) in [5, 5.41) is 0. The Morgan fingerprint density at radius 3 is 2.24 bits per heavy atom. The lowest BCUT2D eigenvalue weighted by Gasteiger charge is -2.28. The molecule has 1 unspecified atom stereocenters. The van der Waals surface area contributed by atoms with Gasteiger partial charge in [-0.1, -0.05) is 13.8 Å². The standard InChI is InChI=1S/C11H25ClN2O2S/c1-10(2)11(14(3)4)9-13-17(15,16)8-6-5-7-12/h10-11,13H,5-9H2,1-4H3. The normalized spacial score (nSPS) is 14.5. The Morgan fingerprint density at radius 2 is 1.82 bits per heavy atom. The van der Waals surface area contributed by atoms with Gasteiger partial charge >= 0.3 is 0 Å². The van der Waals surface area contributed by atoms with Gasteiger partial charge in [0.1, 0.15) is 0 Å². The smallest absolute Gasteiger partial charge is 0.211 e. The Balaban J connectivity index is 4.15. The largest absolute Gasteiger partial charge is 0.305 e. The molecule has 1 N–H and O–H groups in total. The fourth-order valence-corrected chi connectivity index (χ4v) is 3.03. The molecule has 0 heterocycles. The van der Waals surface area contributed by atoms with Crippen molar-refractivity contribution in [1.82, 2.24) is 9.62 Å². The van der Waals surface area contributed by atoms with Crippen molar-refractivity contribution < 1.29 is 8.42 Å². The number of hydrogen-bond donors (Lipinski definition) is 1. The molecule has 0 amide bonds. The molecule has 0 radical (unpaired) electrons. The lowest BCUT2D eigenvalue weighted by molar-refractivity contribution is 0.233. The Bertz CT molecular complexity index is 284. The van der Waals surface area contributed by atoms with Crippen LogP contribution in [0.1, 0.15) is 26.7 Å². The van der Waals surface area contributed by atoms with Gasteiger partial charge in [-0.25, -0.2) is 13.1 Å². The molecule has 4 nitrogen and oxygen atoms in total. The number of likely N-dealkylation sites (N-methyl/N-ethyl adjacent to an activating group) is 1. The zero-order chi connectivity index (χ0) is 13.5. The molecule has 0 rings (SSSR count). The summed E-state index contributed by atoms with van der Waals surface area (Å²) in [7, 11) is 0.778. The molecule has 0 fully saturated rings. The zero-order valence-electron chi connectivity index (χ0n) is 11.2. The molecular formula is C11H25ClN2O2S. The van der Waals surface area contributed by atoms with E-state index < -0.39 is 10.0 Å². The maximum atomic E-state index is 11.7. The van der Waals surface area contributed by atoms with Crippen molar-refractivity contribution in [1.29, 1.82) is 0 Å². The third-order valence-electron chi connectivity index (χ3n) is 2.74. The molecule has 0 bridgehead atoms. The van der Waals surface area contributed by atoms with Gasteiger partial charge in [-0.05, 0) is 32.9 Å². The van der Waals surface area contributed by atoms with E-state index in [9.17, 15) is 8.42 Å². The summed E-state index contributed by atoms with van der Waals surface area (Å²) in [6.07, 6.45) is 1.36. The molecule has 0 aliphatic carbocycles. The van der Waals surface area contributed by atoms with E-state index in [2.05, 4.69) is 18.6 Å². The lowest BCUT2D eigenvalue weighted by Crippen LogP contribution is -2.43. The second-order valence-electron chi connectivity index (χ2n) is 4.84. The van der Waals surface area contributed by atoms with Crippen molar-refractivity contribution >= 4 is 21.6 Å². The molecule has 0 aromatic carbocycles. The van der Waals surface area contributed by atoms with Crippen molar-refractivity contribution in [3.63, 3.8) is 0 Å². The highest BCUT2D eigenvalue weighted by atomic mass is 35.5. The van der Waals surface area contributed by atoms with Gasteiger partial charge in [-0.3, -0.25) is 0 Å². The van der Waals surface area contributed by atoms with Crippen molar-refractivity contribution in [2.45, 2.75) is 32.7 Å². The van der Waals surface area contributed by atoms with E-state index in [1.807, 2.05) is 19.0 Å². The molecule has 0 aromatic rings. The third-order valence-corrected chi connectivity index (χ3v) is 4.44. The summed E-state index contributed by atoms with van der Waals surface area (Å²) in [4.78, 5) is 2.05. The van der Waals surface area contributed by atoms with E-state index >= 15 is 0 Å². The van der Waals surface area contributed by atoms with Crippen LogP contribution in [0.5, 0.6) is 0 Å². The first-order valence-corrected chi connectivity index (χ1v) is 8.18. The van der Waals surface area contributed by atoms with Crippen LogP contribution < -0.4 is 4.72 Å². The topological polar surface area (TPSA) is 49.4 Å². The third kappa shape index (κ3) is 7.97. The van der Waals surface area contributed by atoms with Gasteiger partial charge in [-0.15, -0.1) is 11.6 Å². The maximum Gasteiger partial charge on any atom is 0.211 e. The molecule has 0 saturated heterocycles. The fraction of sp³-hybridized carbons (Fsp3) is 1.00. The first-order chi connectivity index (χ1) is 7.80. The number of nitrogens with one attached hydrogen (secondary N) is 1. The maximum absolute atomic E-state index is 11.7. The van der Waals surface area contributed by atoms with Gasteiger partial charge in [0.25, 0.3) is 0 Å². The summed E-state index contributed by atoms with van der Waals surface area (Å²) >= 11 is 5.52. The van der Waals surface area contributed by atoms with Gasteiger partial charge in [0.2, 0.25) is 10.0 Å². The van der Waals surface area contributed by atoms with Crippen LogP contribution >= 0.6 is 11.6 Å². The van der Waals surface area contributed by atoms with Crippen molar-refractivity contribution in [3.05, 3.63) is 0 Å². The van der Waals surface area contributed by atoms with Gasteiger partial charge in [0, 0.05) is 18.5 Å². The number of unbranched alkanes of at least 4 members (excludes halogenated alkanes) is 1. The SMILES string of the molecule is CC(C)C(CNS(=O)(=O)CCCCCl)N(C)C. The first kappa shape index (κ1) is 17.2. The van der Waals surface area contributed by atoms with Gasteiger partial charge in [0.05, 0.1) is 5.75 Å². The van der Waals surface area contributed by atoms with Crippen LogP contribution in [-0.4, -0.2) is 51.6 Å². The molecule has 0 aliphatic rings. The fourth-order valence-electron chi connectivity index (χ4n) is 1.69. The summed E-state index contributed by atoms with van der Waals surface area (Å²) < 4.78 is 26.0. The van der Waals surface area contributed by atoms with E-state index in [1.165, 1.54) is 0 Å². The van der Waals surface area contributed by atoms with E-state index in [4.69, 9.17) is 11.6 Å². The van der Waals surface area contributed by atoms with E-state index in [1.54, 1.807) is 0 Å². The van der Waals surface area contributed by atoms with Crippen LogP contribution in [0.25, 0.3) is 0 Å². The molecule has 104 valence electrons. The highest BCUT2D eigenvalue weighted by Gasteiger charge is 2.18. The second-order valence-corrected chi connectivity index (χ2v) is 7.14. The molecule has 17 heavy (non-hydrogen) atoms.